The van der Waals surface area contributed by atoms with E-state index in [4.69, 9.17) is 0 Å². The Morgan fingerprint density at radius 2 is 1.44 bits per heavy atom. The van der Waals surface area contributed by atoms with Crippen LogP contribution in [0.25, 0.3) is 0 Å². The second-order valence-electron chi connectivity index (χ2n) is 2.16. The summed E-state index contributed by atoms with van der Waals surface area (Å²) in [4.78, 5) is 0. The highest BCUT2D eigenvalue weighted by Gasteiger charge is 2.02. The summed E-state index contributed by atoms with van der Waals surface area (Å²) < 4.78 is 0. The summed E-state index contributed by atoms with van der Waals surface area (Å²) in [6.45, 7) is 8.47. The van der Waals surface area contributed by atoms with Gasteiger partial charge in [0.1, 0.15) is 0 Å². The van der Waals surface area contributed by atoms with Gasteiger partial charge in [-0.05, 0) is 13.8 Å². The van der Waals surface area contributed by atoms with E-state index in [9.17, 15) is 0 Å². The van der Waals surface area contributed by atoms with E-state index in [1.807, 2.05) is 6.66 Å². The van der Waals surface area contributed by atoms with Crippen LogP contribution in [0, 0.1) is 0 Å². The minimum absolute atomic E-state index is 1.10. The largest absolute Gasteiger partial charge is 0.309 e. The van der Waals surface area contributed by atoms with Crippen LogP contribution in [-0.2, 0) is 0 Å². The quantitative estimate of drug-likeness (QED) is 0.401. The van der Waals surface area contributed by atoms with Gasteiger partial charge < -0.3 is 5.32 Å². The van der Waals surface area contributed by atoms with Gasteiger partial charge in [-0.1, -0.05) is 17.8 Å². The van der Waals surface area contributed by atoms with E-state index in [-0.39, 0.29) is 0 Å². The average Bonchev–Trinajstić information content (AvgIpc) is 2.23. The van der Waals surface area contributed by atoms with Gasteiger partial charge in [-0.15, -0.1) is 9.24 Å². The van der Waals surface area contributed by atoms with E-state index < -0.39 is 0 Å². The van der Waals surface area contributed by atoms with Gasteiger partial charge in [0.15, 0.2) is 0 Å². The van der Waals surface area contributed by atoms with Gasteiger partial charge in [0.2, 0.25) is 0 Å². The molecule has 0 saturated heterocycles. The predicted molar refractivity (Wildman–Crippen MR) is 46.9 cm³/mol. The van der Waals surface area contributed by atoms with Crippen molar-refractivity contribution in [2.45, 2.75) is 13.8 Å². The molecule has 0 spiro atoms. The fraction of sp³-hybridized carbons (Fsp3) is 0.714. The van der Waals surface area contributed by atoms with Crippen LogP contribution in [0.15, 0.2) is 11.1 Å². The molecule has 0 aliphatic carbocycles. The first-order chi connectivity index (χ1) is 4.30. The standard InChI is InChI=1S/C6H11N.CH5P/c1-5-3-7-4-6(5)2;1-2/h7H,3-4H2,1-2H3;2H2,1H3. The van der Waals surface area contributed by atoms with Gasteiger partial charge >= 0.3 is 0 Å². The van der Waals surface area contributed by atoms with Crippen molar-refractivity contribution < 1.29 is 0 Å². The van der Waals surface area contributed by atoms with E-state index in [1.54, 1.807) is 0 Å². The highest BCUT2D eigenvalue weighted by molar-refractivity contribution is 7.15. The smallest absolute Gasteiger partial charge is 0.0167 e. The summed E-state index contributed by atoms with van der Waals surface area (Å²) in [5.41, 5.74) is 3.03. The zero-order chi connectivity index (χ0) is 7.28. The van der Waals surface area contributed by atoms with E-state index in [0.717, 1.165) is 13.1 Å². The van der Waals surface area contributed by atoms with E-state index in [1.165, 1.54) is 11.1 Å². The molecule has 0 radical (unpaired) electrons. The first-order valence-corrected chi connectivity index (χ1v) is 4.40. The summed E-state index contributed by atoms with van der Waals surface area (Å²) >= 11 is 0. The molecule has 1 rings (SSSR count). The van der Waals surface area contributed by atoms with Crippen LogP contribution in [0.3, 0.4) is 0 Å². The Morgan fingerprint density at radius 1 is 1.11 bits per heavy atom. The van der Waals surface area contributed by atoms with Gasteiger partial charge in [-0.2, -0.15) is 0 Å². The third kappa shape index (κ3) is 2.98. The lowest BCUT2D eigenvalue weighted by molar-refractivity contribution is 0.863. The van der Waals surface area contributed by atoms with Crippen molar-refractivity contribution in [3.63, 3.8) is 0 Å². The Morgan fingerprint density at radius 3 is 1.56 bits per heavy atom. The fourth-order valence-electron chi connectivity index (χ4n) is 0.739. The lowest BCUT2D eigenvalue weighted by Gasteiger charge is -1.85. The molecule has 9 heavy (non-hydrogen) atoms. The molecule has 1 heterocycles. The average molecular weight is 145 g/mol. The zero-order valence-electron chi connectivity index (χ0n) is 6.49. The third-order valence-corrected chi connectivity index (χ3v) is 1.51. The third-order valence-electron chi connectivity index (χ3n) is 1.51. The second kappa shape index (κ2) is 4.96. The molecule has 0 bridgehead atoms. The molecule has 2 heteroatoms. The molecule has 0 saturated carbocycles. The predicted octanol–water partition coefficient (Wildman–Crippen LogP) is 1.42. The number of hydrogen-bond donors (Lipinski definition) is 1. The first-order valence-electron chi connectivity index (χ1n) is 3.24. The summed E-state index contributed by atoms with van der Waals surface area (Å²) in [5, 5.41) is 3.25. The molecule has 1 nitrogen and oxygen atoms in total. The van der Waals surface area contributed by atoms with Crippen LogP contribution < -0.4 is 5.32 Å². The van der Waals surface area contributed by atoms with Crippen molar-refractivity contribution in [3.8, 4) is 0 Å². The number of rotatable bonds is 0. The van der Waals surface area contributed by atoms with Crippen molar-refractivity contribution in [1.29, 1.82) is 0 Å². The normalized spacial score (nSPS) is 17.3. The van der Waals surface area contributed by atoms with Crippen LogP contribution in [0.5, 0.6) is 0 Å². The molecule has 1 atom stereocenters. The summed E-state index contributed by atoms with van der Waals surface area (Å²) in [6, 6.07) is 0. The van der Waals surface area contributed by atoms with Crippen LogP contribution in [-0.4, -0.2) is 19.8 Å². The molecule has 0 aromatic heterocycles. The number of hydrogen-bond acceptors (Lipinski definition) is 1. The minimum Gasteiger partial charge on any atom is -0.309 e. The molecule has 1 N–H and O–H groups in total. The van der Waals surface area contributed by atoms with Gasteiger partial charge in [0, 0.05) is 13.1 Å². The molecular weight excluding hydrogens is 129 g/mol. The highest BCUT2D eigenvalue weighted by atomic mass is 31.0. The fourth-order valence-corrected chi connectivity index (χ4v) is 0.739. The molecule has 0 aromatic carbocycles. The Balaban J connectivity index is 0.000000291. The van der Waals surface area contributed by atoms with Crippen LogP contribution >= 0.6 is 9.24 Å². The lowest BCUT2D eigenvalue weighted by Crippen LogP contribution is -2.07. The second-order valence-corrected chi connectivity index (χ2v) is 2.16. The Labute approximate surface area is 60.1 Å². The monoisotopic (exact) mass is 145 g/mol. The maximum atomic E-state index is 3.25. The topological polar surface area (TPSA) is 12.0 Å². The van der Waals surface area contributed by atoms with Crippen molar-refractivity contribution >= 4 is 9.24 Å². The van der Waals surface area contributed by atoms with Crippen LogP contribution in [0.2, 0.25) is 0 Å². The Bertz CT molecular complexity index is 95.5. The van der Waals surface area contributed by atoms with Gasteiger partial charge in [-0.25, -0.2) is 0 Å². The highest BCUT2D eigenvalue weighted by Crippen LogP contribution is 2.05. The Kier molecular flexibility index (Phi) is 5.03. The zero-order valence-corrected chi connectivity index (χ0v) is 7.65. The summed E-state index contributed by atoms with van der Waals surface area (Å²) in [6.07, 6.45) is 0. The van der Waals surface area contributed by atoms with E-state index in [2.05, 4.69) is 28.4 Å². The SMILES string of the molecule is CC1=C(C)CNC1.CP. The molecule has 0 aromatic rings. The van der Waals surface area contributed by atoms with E-state index in [0.29, 0.717) is 0 Å². The molecule has 0 fully saturated rings. The van der Waals surface area contributed by atoms with E-state index >= 15 is 0 Å². The van der Waals surface area contributed by atoms with Gasteiger partial charge in [-0.3, -0.25) is 0 Å². The van der Waals surface area contributed by atoms with Crippen LogP contribution in [0.1, 0.15) is 13.8 Å². The molecule has 1 aliphatic heterocycles. The molecule has 1 aliphatic rings. The van der Waals surface area contributed by atoms with Gasteiger partial charge in [0.05, 0.1) is 0 Å². The Hall–Kier alpha value is 0.130. The molecular formula is C7H16NP. The number of nitrogens with one attached hydrogen (secondary N) is 1. The minimum atomic E-state index is 1.10. The molecule has 1 unspecified atom stereocenters. The molecule has 0 amide bonds. The first kappa shape index (κ1) is 9.13. The summed E-state index contributed by atoms with van der Waals surface area (Å²) in [5.74, 6) is 0. The maximum Gasteiger partial charge on any atom is 0.0167 e. The van der Waals surface area contributed by atoms with Crippen molar-refractivity contribution in [2.75, 3.05) is 19.8 Å². The van der Waals surface area contributed by atoms with Crippen molar-refractivity contribution in [2.24, 2.45) is 0 Å². The van der Waals surface area contributed by atoms with Crippen LogP contribution in [0.4, 0.5) is 0 Å². The van der Waals surface area contributed by atoms with Gasteiger partial charge in [0.25, 0.3) is 0 Å². The molecule has 54 valence electrons. The maximum absolute atomic E-state index is 3.25. The lowest BCUT2D eigenvalue weighted by atomic mass is 10.2. The van der Waals surface area contributed by atoms with Crippen molar-refractivity contribution in [3.05, 3.63) is 11.1 Å². The summed E-state index contributed by atoms with van der Waals surface area (Å²) in [7, 11) is 2.42. The van der Waals surface area contributed by atoms with Crippen molar-refractivity contribution in [1.82, 2.24) is 5.32 Å².